The Kier molecular flexibility index (Phi) is 8.37. The van der Waals surface area contributed by atoms with Crippen LogP contribution in [0.4, 0.5) is 10.5 Å². The zero-order chi connectivity index (χ0) is 25.0. The van der Waals surface area contributed by atoms with E-state index in [0.29, 0.717) is 49.9 Å². The number of piperazine rings is 1. The minimum Gasteiger partial charge on any atom is -0.447 e. The highest BCUT2D eigenvalue weighted by atomic mass is 35.5. The van der Waals surface area contributed by atoms with Crippen LogP contribution >= 0.6 is 11.6 Å². The fraction of sp³-hybridized carbons (Fsp3) is 0.565. The van der Waals surface area contributed by atoms with E-state index in [9.17, 15) is 9.59 Å². The second kappa shape index (κ2) is 11.1. The molecule has 2 fully saturated rings. The van der Waals surface area contributed by atoms with Crippen molar-refractivity contribution in [2.75, 3.05) is 26.2 Å². The van der Waals surface area contributed by atoms with Gasteiger partial charge in [-0.3, -0.25) is 15.1 Å². The smallest absolute Gasteiger partial charge is 0.410 e. The zero-order valence-corrected chi connectivity index (χ0v) is 20.8. The molecule has 3 rings (SSSR count). The normalized spacial score (nSPS) is 21.5. The number of hydrogen-bond acceptors (Lipinski definition) is 7. The number of ether oxygens (including phenoxy) is 2. The molecule has 2 saturated heterocycles. The van der Waals surface area contributed by atoms with Crippen molar-refractivity contribution in [2.45, 2.75) is 52.8 Å². The Labute approximate surface area is 204 Å². The van der Waals surface area contributed by atoms with Crippen LogP contribution in [0, 0.1) is 18.3 Å². The highest BCUT2D eigenvalue weighted by molar-refractivity contribution is 6.31. The van der Waals surface area contributed by atoms with E-state index < -0.39 is 5.92 Å². The Bertz CT molecular complexity index is 982. The van der Waals surface area contributed by atoms with Crippen LogP contribution in [0.25, 0.3) is 0 Å². The van der Waals surface area contributed by atoms with E-state index in [1.54, 1.807) is 11.0 Å². The summed E-state index contributed by atoms with van der Waals surface area (Å²) < 4.78 is 10.7. The van der Waals surface area contributed by atoms with Crippen LogP contribution < -0.4 is 11.1 Å². The van der Waals surface area contributed by atoms with Crippen molar-refractivity contribution in [3.05, 3.63) is 28.3 Å². The topological polar surface area (TPSA) is 133 Å². The summed E-state index contributed by atoms with van der Waals surface area (Å²) in [5.41, 5.74) is 8.33. The molecule has 2 atom stereocenters. The summed E-state index contributed by atoms with van der Waals surface area (Å²) in [6.07, 6.45) is 0.0572. The van der Waals surface area contributed by atoms with E-state index in [2.05, 4.69) is 15.2 Å². The standard InChI is InChI=1S/C23H33ClN6O4/c1-13(2)33-23(32)30-8-7-29(11-14(30)3)12-16-9-17(24)10-19(15(16)4)28-22(26)34-20(25)18-5-6-27-21(18)31/h9-10,13-14,18,25H,5-8,11-12H2,1-4H3,(H2,26,28)(H,27,31)/t14-,18?/m0/s1. The van der Waals surface area contributed by atoms with Crippen molar-refractivity contribution >= 4 is 41.2 Å². The molecule has 2 aliphatic rings. The number of carbonyl (C=O) groups is 2. The van der Waals surface area contributed by atoms with E-state index >= 15 is 0 Å². The minimum absolute atomic E-state index is 0.0137. The van der Waals surface area contributed by atoms with Gasteiger partial charge in [0.25, 0.3) is 6.02 Å². The number of hydrogen-bond donors (Lipinski definition) is 3. The van der Waals surface area contributed by atoms with E-state index in [1.807, 2.05) is 33.8 Å². The number of halogens is 1. The van der Waals surface area contributed by atoms with Gasteiger partial charge in [0.05, 0.1) is 11.8 Å². The lowest BCUT2D eigenvalue weighted by atomic mass is 10.1. The molecular formula is C23H33ClN6O4. The molecule has 0 bridgehead atoms. The van der Waals surface area contributed by atoms with Gasteiger partial charge >= 0.3 is 6.09 Å². The first-order valence-corrected chi connectivity index (χ1v) is 11.8. The summed E-state index contributed by atoms with van der Waals surface area (Å²) in [5, 5.41) is 11.2. The molecule has 34 heavy (non-hydrogen) atoms. The van der Waals surface area contributed by atoms with E-state index in [-0.39, 0.29) is 36.1 Å². The second-order valence-electron chi connectivity index (χ2n) is 8.97. The van der Waals surface area contributed by atoms with Gasteiger partial charge in [0.15, 0.2) is 0 Å². The number of carbonyl (C=O) groups excluding carboxylic acids is 2. The summed E-state index contributed by atoms with van der Waals surface area (Å²) in [6, 6.07) is 3.37. The van der Waals surface area contributed by atoms with Gasteiger partial charge in [-0.05, 0) is 57.4 Å². The minimum atomic E-state index is -0.650. The van der Waals surface area contributed by atoms with Crippen LogP contribution in [0.15, 0.2) is 17.1 Å². The molecule has 2 heterocycles. The Morgan fingerprint density at radius 3 is 2.74 bits per heavy atom. The fourth-order valence-electron chi connectivity index (χ4n) is 4.13. The van der Waals surface area contributed by atoms with Gasteiger partial charge in [0, 0.05) is 43.8 Å². The van der Waals surface area contributed by atoms with Crippen molar-refractivity contribution < 1.29 is 19.1 Å². The number of amidine groups is 1. The lowest BCUT2D eigenvalue weighted by molar-refractivity contribution is -0.120. The molecular weight excluding hydrogens is 460 g/mol. The summed E-state index contributed by atoms with van der Waals surface area (Å²) >= 11 is 6.36. The summed E-state index contributed by atoms with van der Waals surface area (Å²) in [6.45, 7) is 10.7. The van der Waals surface area contributed by atoms with E-state index in [0.717, 1.165) is 11.1 Å². The zero-order valence-electron chi connectivity index (χ0n) is 20.1. The maximum absolute atomic E-state index is 12.3. The van der Waals surface area contributed by atoms with Gasteiger partial charge in [0.2, 0.25) is 11.8 Å². The quantitative estimate of drug-likeness (QED) is 0.427. The average Bonchev–Trinajstić information content (AvgIpc) is 3.17. The lowest BCUT2D eigenvalue weighted by Gasteiger charge is -2.39. The molecule has 0 spiro atoms. The average molecular weight is 493 g/mol. The largest absolute Gasteiger partial charge is 0.447 e. The molecule has 1 aromatic carbocycles. The van der Waals surface area contributed by atoms with Crippen LogP contribution in [0.2, 0.25) is 5.02 Å². The summed E-state index contributed by atoms with van der Waals surface area (Å²) in [7, 11) is 0. The number of rotatable bonds is 5. The fourth-order valence-corrected chi connectivity index (χ4v) is 4.36. The van der Waals surface area contributed by atoms with Gasteiger partial charge in [-0.1, -0.05) is 11.6 Å². The molecule has 1 unspecified atom stereocenters. The summed E-state index contributed by atoms with van der Waals surface area (Å²) in [4.78, 5) is 32.4. The Balaban J connectivity index is 1.67. The van der Waals surface area contributed by atoms with Crippen LogP contribution in [-0.4, -0.2) is 72.0 Å². The maximum atomic E-state index is 12.3. The Hall–Kier alpha value is -2.85. The van der Waals surface area contributed by atoms with Crippen molar-refractivity contribution in [2.24, 2.45) is 16.6 Å². The van der Waals surface area contributed by atoms with Crippen LogP contribution in [0.3, 0.4) is 0 Å². The van der Waals surface area contributed by atoms with Gasteiger partial charge in [-0.25, -0.2) is 4.79 Å². The molecule has 11 heteroatoms. The van der Waals surface area contributed by atoms with Crippen molar-refractivity contribution in [3.8, 4) is 0 Å². The Morgan fingerprint density at radius 1 is 1.38 bits per heavy atom. The molecule has 0 aromatic heterocycles. The van der Waals surface area contributed by atoms with E-state index in [4.69, 9.17) is 32.2 Å². The van der Waals surface area contributed by atoms with Gasteiger partial charge in [-0.2, -0.15) is 4.99 Å². The molecule has 2 amide bonds. The third-order valence-corrected chi connectivity index (χ3v) is 6.16. The number of aliphatic imine (C=N–C) groups is 1. The van der Waals surface area contributed by atoms with Crippen molar-refractivity contribution in [1.82, 2.24) is 15.1 Å². The maximum Gasteiger partial charge on any atom is 0.410 e. The van der Waals surface area contributed by atoms with Gasteiger partial charge in [-0.15, -0.1) is 0 Å². The monoisotopic (exact) mass is 492 g/mol. The number of nitrogens with one attached hydrogen (secondary N) is 2. The lowest BCUT2D eigenvalue weighted by Crippen LogP contribution is -2.54. The number of nitrogens with zero attached hydrogens (tertiary/aromatic N) is 3. The van der Waals surface area contributed by atoms with E-state index in [1.165, 1.54) is 0 Å². The summed E-state index contributed by atoms with van der Waals surface area (Å²) in [5.74, 6) is -1.12. The molecule has 0 saturated carbocycles. The molecule has 0 aliphatic carbocycles. The third kappa shape index (κ3) is 6.38. The Morgan fingerprint density at radius 2 is 2.12 bits per heavy atom. The highest BCUT2D eigenvalue weighted by Crippen LogP contribution is 2.29. The third-order valence-electron chi connectivity index (χ3n) is 5.94. The number of benzene rings is 1. The highest BCUT2D eigenvalue weighted by Gasteiger charge is 2.31. The van der Waals surface area contributed by atoms with Crippen molar-refractivity contribution in [1.29, 1.82) is 5.41 Å². The molecule has 0 radical (unpaired) electrons. The first-order valence-electron chi connectivity index (χ1n) is 11.4. The number of amides is 2. The predicted octanol–water partition coefficient (Wildman–Crippen LogP) is 2.78. The predicted molar refractivity (Wildman–Crippen MR) is 130 cm³/mol. The SMILES string of the molecule is Cc1c(CN2CCN(C(=O)OC(C)C)[C@@H](C)C2)cc(Cl)cc1N=C(N)OC(=N)C1CCNC1=O. The first-order chi connectivity index (χ1) is 16.0. The molecule has 4 N–H and O–H groups in total. The molecule has 10 nitrogen and oxygen atoms in total. The van der Waals surface area contributed by atoms with Crippen LogP contribution in [0.5, 0.6) is 0 Å². The van der Waals surface area contributed by atoms with Crippen molar-refractivity contribution in [3.63, 3.8) is 0 Å². The first kappa shape index (κ1) is 25.8. The van der Waals surface area contributed by atoms with Crippen LogP contribution in [0.1, 0.15) is 38.3 Å². The van der Waals surface area contributed by atoms with Crippen LogP contribution in [-0.2, 0) is 20.8 Å². The van der Waals surface area contributed by atoms with Gasteiger partial charge < -0.3 is 25.4 Å². The van der Waals surface area contributed by atoms with Gasteiger partial charge in [0.1, 0.15) is 5.92 Å². The number of nitrogens with two attached hydrogens (primary N) is 1. The second-order valence-corrected chi connectivity index (χ2v) is 9.40. The molecule has 186 valence electrons. The molecule has 1 aromatic rings. The molecule has 2 aliphatic heterocycles.